The van der Waals surface area contributed by atoms with Crippen LogP contribution in [0.4, 0.5) is 37.0 Å². The van der Waals surface area contributed by atoms with E-state index in [9.17, 15) is 35.9 Å². The fourth-order valence-electron chi connectivity index (χ4n) is 2.44. The Labute approximate surface area is 165 Å². The van der Waals surface area contributed by atoms with Crippen LogP contribution in [0, 0.1) is 0 Å². The summed E-state index contributed by atoms with van der Waals surface area (Å²) in [5.74, 6) is -0.416. The van der Waals surface area contributed by atoms with Crippen molar-refractivity contribution in [2.75, 3.05) is 44.2 Å². The molecule has 1 saturated heterocycles. The van der Waals surface area contributed by atoms with Gasteiger partial charge in [0.2, 0.25) is 5.91 Å². The molecule has 1 aromatic rings. The number of alkyl halides is 6. The number of hydrogen-bond acceptors (Lipinski definition) is 5. The lowest BCUT2D eigenvalue weighted by Crippen LogP contribution is -2.51. The minimum Gasteiger partial charge on any atom is -0.440 e. The molecule has 162 valence electrons. The number of carbonyl (C=O) groups is 2. The minimum atomic E-state index is -4.68. The lowest BCUT2D eigenvalue weighted by Gasteiger charge is -2.35. The zero-order chi connectivity index (χ0) is 21.8. The molecule has 0 spiro atoms. The van der Waals surface area contributed by atoms with Gasteiger partial charge in [-0.2, -0.15) is 26.3 Å². The summed E-state index contributed by atoms with van der Waals surface area (Å²) in [7, 11) is 0. The van der Waals surface area contributed by atoms with Gasteiger partial charge in [0.25, 0.3) is 0 Å². The molecular weight excluding hydrogens is 434 g/mol. The third-order valence-electron chi connectivity index (χ3n) is 3.83. The third-order valence-corrected chi connectivity index (χ3v) is 4.11. The molecule has 0 aromatic carbocycles. The predicted molar refractivity (Wildman–Crippen MR) is 88.4 cm³/mol. The number of ether oxygens (including phenoxy) is 1. The zero-order valence-electron chi connectivity index (χ0n) is 14.6. The molecule has 0 aliphatic carbocycles. The molecule has 29 heavy (non-hydrogen) atoms. The van der Waals surface area contributed by atoms with Gasteiger partial charge in [0.15, 0.2) is 6.61 Å². The lowest BCUT2D eigenvalue weighted by atomic mass is 10.2. The number of amides is 2. The fourth-order valence-corrected chi connectivity index (χ4v) is 2.73. The first kappa shape index (κ1) is 22.8. The van der Waals surface area contributed by atoms with Crippen molar-refractivity contribution in [3.8, 4) is 0 Å². The Balaban J connectivity index is 1.83. The maximum absolute atomic E-state index is 12.7. The number of piperazine rings is 1. The van der Waals surface area contributed by atoms with E-state index in [1.165, 1.54) is 4.90 Å². The topological polar surface area (TPSA) is 74.8 Å². The van der Waals surface area contributed by atoms with Crippen molar-refractivity contribution in [2.24, 2.45) is 0 Å². The van der Waals surface area contributed by atoms with Crippen molar-refractivity contribution in [2.45, 2.75) is 12.4 Å². The van der Waals surface area contributed by atoms with E-state index in [0.29, 0.717) is 6.20 Å². The number of alkyl carbamates (subject to hydrolysis) is 1. The van der Waals surface area contributed by atoms with E-state index >= 15 is 0 Å². The number of nitrogens with one attached hydrogen (secondary N) is 1. The molecule has 2 heterocycles. The van der Waals surface area contributed by atoms with Crippen molar-refractivity contribution in [1.82, 2.24) is 15.2 Å². The van der Waals surface area contributed by atoms with E-state index < -0.39 is 43.1 Å². The van der Waals surface area contributed by atoms with Crippen LogP contribution in [0.5, 0.6) is 0 Å². The molecule has 1 aromatic heterocycles. The Hall–Kier alpha value is -2.44. The van der Waals surface area contributed by atoms with E-state index in [4.69, 9.17) is 11.6 Å². The average Bonchev–Trinajstić information content (AvgIpc) is 2.63. The smallest absolute Gasteiger partial charge is 0.422 e. The van der Waals surface area contributed by atoms with Crippen LogP contribution in [0.3, 0.4) is 0 Å². The summed E-state index contributed by atoms with van der Waals surface area (Å²) in [5, 5.41) is 1.73. The van der Waals surface area contributed by atoms with Gasteiger partial charge < -0.3 is 19.9 Å². The first-order valence-electron chi connectivity index (χ1n) is 8.09. The van der Waals surface area contributed by atoms with Crippen molar-refractivity contribution in [1.29, 1.82) is 0 Å². The molecule has 0 radical (unpaired) electrons. The number of halogens is 7. The number of rotatable bonds is 4. The molecule has 0 saturated carbocycles. The fraction of sp³-hybridized carbons (Fsp3) is 0.533. The highest BCUT2D eigenvalue weighted by atomic mass is 35.5. The summed E-state index contributed by atoms with van der Waals surface area (Å²) < 4.78 is 77.7. The second-order valence-electron chi connectivity index (χ2n) is 5.94. The summed E-state index contributed by atoms with van der Waals surface area (Å²) in [6, 6.07) is 0.762. The van der Waals surface area contributed by atoms with Gasteiger partial charge in [-0.25, -0.2) is 9.78 Å². The number of carbonyl (C=O) groups excluding carboxylic acids is 2. The number of anilines is 1. The minimum absolute atomic E-state index is 0.139. The molecule has 2 amide bonds. The highest BCUT2D eigenvalue weighted by Gasteiger charge is 2.33. The van der Waals surface area contributed by atoms with Crippen molar-refractivity contribution in [3.05, 3.63) is 22.8 Å². The van der Waals surface area contributed by atoms with E-state index in [2.05, 4.69) is 9.72 Å². The monoisotopic (exact) mass is 448 g/mol. The summed E-state index contributed by atoms with van der Waals surface area (Å²) in [4.78, 5) is 29.8. The van der Waals surface area contributed by atoms with Gasteiger partial charge in [-0.05, 0) is 6.07 Å². The highest BCUT2D eigenvalue weighted by molar-refractivity contribution is 6.33. The van der Waals surface area contributed by atoms with Crippen LogP contribution < -0.4 is 10.2 Å². The Morgan fingerprint density at radius 1 is 1.14 bits per heavy atom. The van der Waals surface area contributed by atoms with E-state index in [1.807, 2.05) is 5.32 Å². The SMILES string of the molecule is O=C(NCC(=O)N1CCN(c2ncc(C(F)(F)F)cc2Cl)CC1)OCC(F)(F)F. The quantitative estimate of drug-likeness (QED) is 0.717. The van der Waals surface area contributed by atoms with Gasteiger partial charge in [-0.15, -0.1) is 0 Å². The molecular formula is C15H15ClF6N4O3. The summed E-state index contributed by atoms with van der Waals surface area (Å²) in [5.41, 5.74) is -0.983. The molecule has 0 unspecified atom stereocenters. The van der Waals surface area contributed by atoms with Crippen LogP contribution >= 0.6 is 11.6 Å². The Bertz CT molecular complexity index is 751. The van der Waals surface area contributed by atoms with E-state index in [-0.39, 0.29) is 37.0 Å². The summed E-state index contributed by atoms with van der Waals surface area (Å²) in [6.07, 6.45) is -9.97. The number of pyridine rings is 1. The highest BCUT2D eigenvalue weighted by Crippen LogP contribution is 2.33. The number of nitrogens with zero attached hydrogens (tertiary/aromatic N) is 3. The van der Waals surface area contributed by atoms with Crippen molar-refractivity contribution in [3.63, 3.8) is 0 Å². The van der Waals surface area contributed by atoms with E-state index in [0.717, 1.165) is 6.07 Å². The maximum atomic E-state index is 12.7. The molecule has 1 N–H and O–H groups in total. The molecule has 7 nitrogen and oxygen atoms in total. The number of hydrogen-bond donors (Lipinski definition) is 1. The number of aromatic nitrogens is 1. The Kier molecular flexibility index (Phi) is 7.03. The first-order chi connectivity index (χ1) is 13.4. The van der Waals surface area contributed by atoms with Crippen molar-refractivity contribution < 1.29 is 40.7 Å². The molecule has 14 heteroatoms. The van der Waals surface area contributed by atoms with Gasteiger partial charge in [0.05, 0.1) is 10.6 Å². The molecule has 1 fully saturated rings. The van der Waals surface area contributed by atoms with Crippen LogP contribution in [-0.4, -0.2) is 67.4 Å². The Morgan fingerprint density at radius 3 is 2.28 bits per heavy atom. The van der Waals surface area contributed by atoms with Crippen LogP contribution in [0.1, 0.15) is 5.56 Å². The zero-order valence-corrected chi connectivity index (χ0v) is 15.4. The normalized spacial score (nSPS) is 15.3. The van der Waals surface area contributed by atoms with Crippen LogP contribution in [-0.2, 0) is 15.7 Å². The second-order valence-corrected chi connectivity index (χ2v) is 6.35. The largest absolute Gasteiger partial charge is 0.440 e. The lowest BCUT2D eigenvalue weighted by molar-refractivity contribution is -0.160. The van der Waals surface area contributed by atoms with Crippen LogP contribution in [0.15, 0.2) is 12.3 Å². The molecule has 0 bridgehead atoms. The second kappa shape index (κ2) is 8.93. The van der Waals surface area contributed by atoms with Gasteiger partial charge in [-0.1, -0.05) is 11.6 Å². The molecule has 1 aliphatic heterocycles. The van der Waals surface area contributed by atoms with Gasteiger partial charge in [0.1, 0.15) is 12.4 Å². The maximum Gasteiger partial charge on any atom is 0.422 e. The van der Waals surface area contributed by atoms with Crippen LogP contribution in [0.25, 0.3) is 0 Å². The molecule has 2 rings (SSSR count). The Morgan fingerprint density at radius 2 is 1.76 bits per heavy atom. The van der Waals surface area contributed by atoms with Crippen molar-refractivity contribution >= 4 is 29.4 Å². The molecule has 0 atom stereocenters. The average molecular weight is 449 g/mol. The predicted octanol–water partition coefficient (Wildman–Crippen LogP) is 2.69. The van der Waals surface area contributed by atoms with Gasteiger partial charge >= 0.3 is 18.4 Å². The van der Waals surface area contributed by atoms with Gasteiger partial charge in [-0.3, -0.25) is 4.79 Å². The summed E-state index contributed by atoms with van der Waals surface area (Å²) in [6.45, 7) is -1.61. The van der Waals surface area contributed by atoms with E-state index in [1.54, 1.807) is 4.90 Å². The first-order valence-corrected chi connectivity index (χ1v) is 8.47. The van der Waals surface area contributed by atoms with Gasteiger partial charge in [0, 0.05) is 32.4 Å². The summed E-state index contributed by atoms with van der Waals surface area (Å²) >= 11 is 5.89. The molecule has 1 aliphatic rings. The third kappa shape index (κ3) is 6.84. The standard InChI is InChI=1S/C15H15ClF6N4O3/c16-10-5-9(15(20,21)22)6-23-12(10)26-3-1-25(2-4-26)11(27)7-24-13(28)29-8-14(17,18)19/h5-6H,1-4,7-8H2,(H,24,28). The van der Waals surface area contributed by atoms with Crippen LogP contribution in [0.2, 0.25) is 5.02 Å².